The van der Waals surface area contributed by atoms with E-state index in [1.807, 2.05) is 12.3 Å². The zero-order valence-electron chi connectivity index (χ0n) is 20.8. The maximum atomic E-state index is 13.8. The Morgan fingerprint density at radius 1 is 0.882 bits per heavy atom. The Balaban J connectivity index is 1.32. The third kappa shape index (κ3) is 5.65. The van der Waals surface area contributed by atoms with Crippen LogP contribution in [0.15, 0.2) is 12.3 Å². The number of carbonyl (C=O) groups excluding carboxylic acids is 1. The lowest BCUT2D eigenvalue weighted by Crippen LogP contribution is -2.57. The molecule has 4 heterocycles. The number of rotatable bonds is 5. The Labute approximate surface area is 204 Å². The van der Waals surface area contributed by atoms with Gasteiger partial charge in [-0.15, -0.1) is 0 Å². The number of amides is 1. The minimum absolute atomic E-state index is 0.0619. The molecule has 0 aromatic carbocycles. The van der Waals surface area contributed by atoms with Crippen LogP contribution in [-0.2, 0) is 4.79 Å². The molecule has 0 bridgehead atoms. The van der Waals surface area contributed by atoms with Gasteiger partial charge >= 0.3 is 0 Å². The van der Waals surface area contributed by atoms with Gasteiger partial charge < -0.3 is 20.4 Å². The number of piperazine rings is 1. The molecule has 4 fully saturated rings. The summed E-state index contributed by atoms with van der Waals surface area (Å²) in [7, 11) is 0. The summed E-state index contributed by atoms with van der Waals surface area (Å²) in [6.07, 6.45) is 15.6. The van der Waals surface area contributed by atoms with Gasteiger partial charge in [-0.2, -0.15) is 4.98 Å². The lowest BCUT2D eigenvalue weighted by atomic mass is 9.93. The van der Waals surface area contributed by atoms with E-state index in [1.54, 1.807) is 0 Å². The SMILES string of the molecule is O=C([C@@H]1[C@@H](Nc2nccc(N3CCCCCCC3)n2)CCN1C1CCCCC1)N1CCNCC1. The average molecular weight is 470 g/mol. The largest absolute Gasteiger partial charge is 0.356 e. The Morgan fingerprint density at radius 2 is 1.59 bits per heavy atom. The zero-order valence-corrected chi connectivity index (χ0v) is 20.8. The second-order valence-electron chi connectivity index (χ2n) is 10.6. The van der Waals surface area contributed by atoms with E-state index in [0.29, 0.717) is 17.9 Å². The maximum Gasteiger partial charge on any atom is 0.242 e. The van der Waals surface area contributed by atoms with Gasteiger partial charge in [0.15, 0.2) is 0 Å². The third-order valence-electron chi connectivity index (χ3n) is 8.30. The van der Waals surface area contributed by atoms with Gasteiger partial charge in [-0.25, -0.2) is 4.98 Å². The van der Waals surface area contributed by atoms with E-state index >= 15 is 0 Å². The topological polar surface area (TPSA) is 76.6 Å². The average Bonchev–Trinajstić information content (AvgIpc) is 3.28. The Hall–Kier alpha value is -1.93. The molecule has 3 saturated heterocycles. The first-order valence-electron chi connectivity index (χ1n) is 13.9. The van der Waals surface area contributed by atoms with Crippen molar-refractivity contribution in [2.75, 3.05) is 56.0 Å². The van der Waals surface area contributed by atoms with Crippen molar-refractivity contribution in [2.45, 2.75) is 88.8 Å². The van der Waals surface area contributed by atoms with Crippen LogP contribution in [0.3, 0.4) is 0 Å². The molecule has 0 spiro atoms. The molecule has 5 rings (SSSR count). The fourth-order valence-corrected chi connectivity index (χ4v) is 6.41. The number of likely N-dealkylation sites (tertiary alicyclic amines) is 1. The number of nitrogens with one attached hydrogen (secondary N) is 2. The van der Waals surface area contributed by atoms with Gasteiger partial charge in [-0.05, 0) is 38.2 Å². The molecule has 4 aliphatic rings. The molecule has 1 amide bonds. The van der Waals surface area contributed by atoms with Crippen molar-refractivity contribution in [2.24, 2.45) is 0 Å². The smallest absolute Gasteiger partial charge is 0.242 e. The number of anilines is 2. The number of hydrogen-bond donors (Lipinski definition) is 2. The monoisotopic (exact) mass is 469 g/mol. The molecule has 1 aromatic rings. The van der Waals surface area contributed by atoms with Crippen LogP contribution in [0.25, 0.3) is 0 Å². The number of carbonyl (C=O) groups is 1. The van der Waals surface area contributed by atoms with E-state index in [-0.39, 0.29) is 12.1 Å². The lowest BCUT2D eigenvalue weighted by Gasteiger charge is -2.39. The minimum Gasteiger partial charge on any atom is -0.356 e. The number of aromatic nitrogens is 2. The van der Waals surface area contributed by atoms with Crippen molar-refractivity contribution in [1.29, 1.82) is 0 Å². The minimum atomic E-state index is -0.116. The number of nitrogens with zero attached hydrogens (tertiary/aromatic N) is 5. The molecule has 2 N–H and O–H groups in total. The molecule has 1 aromatic heterocycles. The molecule has 188 valence electrons. The summed E-state index contributed by atoms with van der Waals surface area (Å²) in [5.41, 5.74) is 0. The van der Waals surface area contributed by atoms with Crippen LogP contribution < -0.4 is 15.5 Å². The highest BCUT2D eigenvalue weighted by Crippen LogP contribution is 2.32. The molecule has 3 aliphatic heterocycles. The van der Waals surface area contributed by atoms with Gasteiger partial charge in [0, 0.05) is 58.1 Å². The lowest BCUT2D eigenvalue weighted by molar-refractivity contribution is -0.137. The molecule has 1 saturated carbocycles. The quantitative estimate of drug-likeness (QED) is 0.687. The molecular weight excluding hydrogens is 426 g/mol. The van der Waals surface area contributed by atoms with Crippen molar-refractivity contribution in [3.8, 4) is 0 Å². The van der Waals surface area contributed by atoms with Crippen LogP contribution in [-0.4, -0.2) is 89.6 Å². The van der Waals surface area contributed by atoms with Gasteiger partial charge in [0.25, 0.3) is 0 Å². The summed E-state index contributed by atoms with van der Waals surface area (Å²) in [5.74, 6) is 1.99. The second kappa shape index (κ2) is 11.7. The van der Waals surface area contributed by atoms with E-state index in [0.717, 1.165) is 58.1 Å². The van der Waals surface area contributed by atoms with Gasteiger partial charge in [-0.1, -0.05) is 38.5 Å². The van der Waals surface area contributed by atoms with Crippen LogP contribution in [0.5, 0.6) is 0 Å². The van der Waals surface area contributed by atoms with Crippen LogP contribution in [0.2, 0.25) is 0 Å². The van der Waals surface area contributed by atoms with Crippen LogP contribution in [0, 0.1) is 0 Å². The number of hydrogen-bond acceptors (Lipinski definition) is 7. The Kier molecular flexibility index (Phi) is 8.17. The fourth-order valence-electron chi connectivity index (χ4n) is 6.41. The first-order valence-corrected chi connectivity index (χ1v) is 13.9. The van der Waals surface area contributed by atoms with Gasteiger partial charge in [0.05, 0.1) is 6.04 Å². The highest BCUT2D eigenvalue weighted by molar-refractivity contribution is 5.84. The summed E-state index contributed by atoms with van der Waals surface area (Å²) in [5, 5.41) is 7.02. The first-order chi connectivity index (χ1) is 16.8. The standard InChI is InChI=1S/C26H43N7O/c34-25(32-19-14-27-15-20-32)24-22(12-18-33(24)21-9-5-4-6-10-21)29-26-28-13-11-23(30-26)31-16-7-2-1-3-8-17-31/h11,13,21-22,24,27H,1-10,12,14-20H2,(H,28,29,30)/t22-,24-/m0/s1. The Bertz CT molecular complexity index is 785. The fraction of sp³-hybridized carbons (Fsp3) is 0.808. The highest BCUT2D eigenvalue weighted by atomic mass is 16.2. The van der Waals surface area contributed by atoms with E-state index < -0.39 is 0 Å². The second-order valence-corrected chi connectivity index (χ2v) is 10.6. The van der Waals surface area contributed by atoms with Crippen molar-refractivity contribution in [1.82, 2.24) is 25.1 Å². The summed E-state index contributed by atoms with van der Waals surface area (Å²) in [6, 6.07) is 2.52. The molecule has 2 atom stereocenters. The van der Waals surface area contributed by atoms with E-state index in [1.165, 1.54) is 64.2 Å². The summed E-state index contributed by atoms with van der Waals surface area (Å²) < 4.78 is 0. The molecule has 0 unspecified atom stereocenters. The van der Waals surface area contributed by atoms with Gasteiger partial charge in [0.2, 0.25) is 11.9 Å². The summed E-state index contributed by atoms with van der Waals surface area (Å²) >= 11 is 0. The zero-order chi connectivity index (χ0) is 23.2. The van der Waals surface area contributed by atoms with Crippen LogP contribution in [0.1, 0.15) is 70.6 Å². The molecule has 8 nitrogen and oxygen atoms in total. The molecule has 0 radical (unpaired) electrons. The molecular formula is C26H43N7O. The summed E-state index contributed by atoms with van der Waals surface area (Å²) in [4.78, 5) is 30.3. The van der Waals surface area contributed by atoms with Gasteiger partial charge in [-0.3, -0.25) is 9.69 Å². The van der Waals surface area contributed by atoms with Crippen LogP contribution >= 0.6 is 0 Å². The molecule has 8 heteroatoms. The summed E-state index contributed by atoms with van der Waals surface area (Å²) in [6.45, 7) is 6.51. The van der Waals surface area contributed by atoms with Crippen LogP contribution in [0.4, 0.5) is 11.8 Å². The van der Waals surface area contributed by atoms with Crippen molar-refractivity contribution in [3.05, 3.63) is 12.3 Å². The maximum absolute atomic E-state index is 13.8. The van der Waals surface area contributed by atoms with E-state index in [9.17, 15) is 4.79 Å². The van der Waals surface area contributed by atoms with E-state index in [2.05, 4.69) is 30.3 Å². The predicted molar refractivity (Wildman–Crippen MR) is 136 cm³/mol. The van der Waals surface area contributed by atoms with Crippen molar-refractivity contribution < 1.29 is 4.79 Å². The predicted octanol–water partition coefficient (Wildman–Crippen LogP) is 2.87. The third-order valence-corrected chi connectivity index (χ3v) is 8.30. The van der Waals surface area contributed by atoms with E-state index in [4.69, 9.17) is 4.98 Å². The Morgan fingerprint density at radius 3 is 2.35 bits per heavy atom. The first kappa shape index (κ1) is 23.8. The van der Waals surface area contributed by atoms with Crippen molar-refractivity contribution >= 4 is 17.7 Å². The normalized spacial score (nSPS) is 27.9. The van der Waals surface area contributed by atoms with Gasteiger partial charge in [0.1, 0.15) is 11.9 Å². The molecule has 1 aliphatic carbocycles. The highest BCUT2D eigenvalue weighted by Gasteiger charge is 2.44. The molecule has 34 heavy (non-hydrogen) atoms. The van der Waals surface area contributed by atoms with Crippen molar-refractivity contribution in [3.63, 3.8) is 0 Å².